The molecule has 4 aromatic rings. The highest BCUT2D eigenvalue weighted by molar-refractivity contribution is 6.30. The summed E-state index contributed by atoms with van der Waals surface area (Å²) in [6.45, 7) is 0. The van der Waals surface area contributed by atoms with Crippen LogP contribution in [0.2, 0.25) is 5.02 Å². The van der Waals surface area contributed by atoms with E-state index in [4.69, 9.17) is 11.6 Å². The monoisotopic (exact) mass is 331 g/mol. The van der Waals surface area contributed by atoms with Crippen molar-refractivity contribution in [3.05, 3.63) is 90.1 Å². The average molecular weight is 332 g/mol. The van der Waals surface area contributed by atoms with Gasteiger partial charge in [-0.2, -0.15) is 0 Å². The molecule has 0 aliphatic heterocycles. The molecular formula is C20H14ClN3. The minimum absolute atomic E-state index is 0.678. The van der Waals surface area contributed by atoms with Crippen molar-refractivity contribution in [1.29, 1.82) is 0 Å². The van der Waals surface area contributed by atoms with Gasteiger partial charge in [0, 0.05) is 10.6 Å². The van der Waals surface area contributed by atoms with Crippen molar-refractivity contribution in [2.45, 2.75) is 0 Å². The molecule has 1 heterocycles. The fourth-order valence-electron chi connectivity index (χ4n) is 2.60. The third kappa shape index (κ3) is 2.94. The van der Waals surface area contributed by atoms with Gasteiger partial charge in [0.15, 0.2) is 0 Å². The Bertz CT molecular complexity index is 960. The van der Waals surface area contributed by atoms with Crippen molar-refractivity contribution in [1.82, 2.24) is 15.0 Å². The van der Waals surface area contributed by atoms with Gasteiger partial charge in [0.05, 0.1) is 11.9 Å². The van der Waals surface area contributed by atoms with Gasteiger partial charge in [-0.25, -0.2) is 4.68 Å². The molecule has 0 fully saturated rings. The van der Waals surface area contributed by atoms with Crippen LogP contribution in [0.5, 0.6) is 0 Å². The van der Waals surface area contributed by atoms with Crippen molar-refractivity contribution < 1.29 is 0 Å². The first-order valence-electron chi connectivity index (χ1n) is 7.64. The van der Waals surface area contributed by atoms with Gasteiger partial charge in [0.2, 0.25) is 0 Å². The number of rotatable bonds is 3. The second kappa shape index (κ2) is 6.30. The van der Waals surface area contributed by atoms with Crippen molar-refractivity contribution in [2.24, 2.45) is 0 Å². The molecule has 4 rings (SSSR count). The molecule has 0 radical (unpaired) electrons. The highest BCUT2D eigenvalue weighted by Gasteiger charge is 2.06. The Morgan fingerprint density at radius 2 is 1.42 bits per heavy atom. The van der Waals surface area contributed by atoms with Crippen LogP contribution in [-0.2, 0) is 0 Å². The zero-order valence-corrected chi connectivity index (χ0v) is 13.6. The van der Waals surface area contributed by atoms with Gasteiger partial charge < -0.3 is 0 Å². The van der Waals surface area contributed by atoms with E-state index in [9.17, 15) is 0 Å². The summed E-state index contributed by atoms with van der Waals surface area (Å²) >= 11 is 6.03. The molecule has 0 aliphatic carbocycles. The predicted octanol–water partition coefficient (Wildman–Crippen LogP) is 5.25. The van der Waals surface area contributed by atoms with Crippen molar-refractivity contribution in [3.8, 4) is 28.1 Å². The number of halogens is 1. The largest absolute Gasteiger partial charge is 0.220 e. The molecule has 3 aromatic carbocycles. The van der Waals surface area contributed by atoms with Crippen molar-refractivity contribution in [3.63, 3.8) is 0 Å². The Labute approximate surface area is 145 Å². The Morgan fingerprint density at radius 1 is 0.708 bits per heavy atom. The third-order valence-corrected chi connectivity index (χ3v) is 4.09. The van der Waals surface area contributed by atoms with Crippen LogP contribution in [0.1, 0.15) is 0 Å². The van der Waals surface area contributed by atoms with Crippen LogP contribution in [0.15, 0.2) is 85.1 Å². The summed E-state index contributed by atoms with van der Waals surface area (Å²) in [7, 11) is 0. The van der Waals surface area contributed by atoms with Gasteiger partial charge in [-0.15, -0.1) is 5.10 Å². The fourth-order valence-corrected chi connectivity index (χ4v) is 2.79. The Hall–Kier alpha value is -2.91. The maximum atomic E-state index is 6.03. The Kier molecular flexibility index (Phi) is 3.85. The van der Waals surface area contributed by atoms with E-state index in [0.29, 0.717) is 5.02 Å². The van der Waals surface area contributed by atoms with Gasteiger partial charge in [-0.3, -0.25) is 0 Å². The molecule has 116 valence electrons. The maximum absolute atomic E-state index is 6.03. The lowest BCUT2D eigenvalue weighted by Gasteiger charge is -2.02. The smallest absolute Gasteiger partial charge is 0.113 e. The van der Waals surface area contributed by atoms with E-state index in [0.717, 1.165) is 16.9 Å². The molecule has 0 unspecified atom stereocenters. The first-order chi connectivity index (χ1) is 11.8. The first-order valence-corrected chi connectivity index (χ1v) is 8.01. The normalized spacial score (nSPS) is 10.7. The number of aromatic nitrogens is 3. The Balaban J connectivity index is 1.63. The van der Waals surface area contributed by atoms with Crippen LogP contribution in [-0.4, -0.2) is 15.0 Å². The lowest BCUT2D eigenvalue weighted by Crippen LogP contribution is -1.93. The molecule has 1 aromatic heterocycles. The molecular weight excluding hydrogens is 318 g/mol. The Morgan fingerprint density at radius 3 is 2.17 bits per heavy atom. The van der Waals surface area contributed by atoms with Crippen LogP contribution in [0.4, 0.5) is 0 Å². The molecule has 0 N–H and O–H groups in total. The van der Waals surface area contributed by atoms with Crippen LogP contribution in [0, 0.1) is 0 Å². The molecule has 0 saturated heterocycles. The van der Waals surface area contributed by atoms with E-state index < -0.39 is 0 Å². The molecule has 4 heteroatoms. The minimum Gasteiger partial charge on any atom is -0.220 e. The fraction of sp³-hybridized carbons (Fsp3) is 0. The standard InChI is InChI=1S/C20H14ClN3/c21-18-7-4-8-19(13-18)24-14-20(22-23-24)17-11-9-16(10-12-17)15-5-2-1-3-6-15/h1-14H. The summed E-state index contributed by atoms with van der Waals surface area (Å²) < 4.78 is 1.73. The van der Waals surface area contributed by atoms with Crippen LogP contribution >= 0.6 is 11.6 Å². The molecule has 0 bridgehead atoms. The SMILES string of the molecule is Clc1cccc(-n2cc(-c3ccc(-c4ccccc4)cc3)nn2)c1. The summed E-state index contributed by atoms with van der Waals surface area (Å²) in [6, 6.07) is 26.2. The zero-order valence-electron chi connectivity index (χ0n) is 12.8. The zero-order chi connectivity index (χ0) is 16.4. The van der Waals surface area contributed by atoms with Crippen LogP contribution < -0.4 is 0 Å². The molecule has 0 amide bonds. The summed E-state index contributed by atoms with van der Waals surface area (Å²) in [5.41, 5.74) is 5.13. The maximum Gasteiger partial charge on any atom is 0.113 e. The lowest BCUT2D eigenvalue weighted by molar-refractivity contribution is 0.804. The van der Waals surface area contributed by atoms with Gasteiger partial charge in [-0.1, -0.05) is 77.5 Å². The highest BCUT2D eigenvalue weighted by atomic mass is 35.5. The van der Waals surface area contributed by atoms with E-state index in [-0.39, 0.29) is 0 Å². The van der Waals surface area contributed by atoms with Gasteiger partial charge >= 0.3 is 0 Å². The molecule has 0 saturated carbocycles. The number of nitrogens with zero attached hydrogens (tertiary/aromatic N) is 3. The van der Waals surface area contributed by atoms with E-state index in [1.54, 1.807) is 4.68 Å². The second-order valence-electron chi connectivity index (χ2n) is 5.47. The topological polar surface area (TPSA) is 30.7 Å². The van der Waals surface area contributed by atoms with Crippen molar-refractivity contribution in [2.75, 3.05) is 0 Å². The van der Waals surface area contributed by atoms with Gasteiger partial charge in [0.1, 0.15) is 5.69 Å². The quantitative estimate of drug-likeness (QED) is 0.513. The summed E-state index contributed by atoms with van der Waals surface area (Å²) in [4.78, 5) is 0. The van der Waals surface area contributed by atoms with Crippen LogP contribution in [0.3, 0.4) is 0 Å². The summed E-state index contributed by atoms with van der Waals surface area (Å²) in [6.07, 6.45) is 1.91. The number of hydrogen-bond acceptors (Lipinski definition) is 2. The van der Waals surface area contributed by atoms with E-state index in [1.807, 2.05) is 48.7 Å². The van der Waals surface area contributed by atoms with Crippen LogP contribution in [0.25, 0.3) is 28.1 Å². The second-order valence-corrected chi connectivity index (χ2v) is 5.91. The third-order valence-electron chi connectivity index (χ3n) is 3.85. The molecule has 24 heavy (non-hydrogen) atoms. The van der Waals surface area contributed by atoms with E-state index in [1.165, 1.54) is 11.1 Å². The summed E-state index contributed by atoms with van der Waals surface area (Å²) in [5.74, 6) is 0. The number of hydrogen-bond donors (Lipinski definition) is 0. The lowest BCUT2D eigenvalue weighted by atomic mass is 10.0. The first kappa shape index (κ1) is 14.7. The number of benzene rings is 3. The molecule has 3 nitrogen and oxygen atoms in total. The molecule has 0 aliphatic rings. The van der Waals surface area contributed by atoms with E-state index >= 15 is 0 Å². The minimum atomic E-state index is 0.678. The highest BCUT2D eigenvalue weighted by Crippen LogP contribution is 2.24. The molecule has 0 spiro atoms. The van der Waals surface area contributed by atoms with Gasteiger partial charge in [0.25, 0.3) is 0 Å². The predicted molar refractivity (Wildman–Crippen MR) is 97.2 cm³/mol. The van der Waals surface area contributed by atoms with Crippen molar-refractivity contribution >= 4 is 11.6 Å². The summed E-state index contributed by atoms with van der Waals surface area (Å²) in [5, 5.41) is 9.13. The molecule has 0 atom stereocenters. The average Bonchev–Trinajstić information content (AvgIpc) is 3.13. The van der Waals surface area contributed by atoms with E-state index in [2.05, 4.69) is 46.7 Å². The van der Waals surface area contributed by atoms with Gasteiger partial charge in [-0.05, 0) is 29.3 Å².